The Morgan fingerprint density at radius 1 is 1.19 bits per heavy atom. The smallest absolute Gasteiger partial charge is 0.319 e. The van der Waals surface area contributed by atoms with Gasteiger partial charge in [0.15, 0.2) is 11.6 Å². The second-order valence-corrected chi connectivity index (χ2v) is 5.46. The van der Waals surface area contributed by atoms with Crippen LogP contribution in [0.2, 0.25) is 0 Å². The van der Waals surface area contributed by atoms with E-state index in [2.05, 4.69) is 6.92 Å². The summed E-state index contributed by atoms with van der Waals surface area (Å²) in [5.74, 6) is -1.07. The summed E-state index contributed by atoms with van der Waals surface area (Å²) in [5, 5.41) is 0. The summed E-state index contributed by atoms with van der Waals surface area (Å²) in [5.41, 5.74) is 3.39. The van der Waals surface area contributed by atoms with Crippen LogP contribution in [0.25, 0.3) is 0 Å². The van der Waals surface area contributed by atoms with E-state index in [0.29, 0.717) is 12.0 Å². The number of fused-ring (bicyclic) bond motifs is 1. The quantitative estimate of drug-likeness (QED) is 0.616. The zero-order valence-electron chi connectivity index (χ0n) is 12.2. The third kappa shape index (κ3) is 2.44. The summed E-state index contributed by atoms with van der Waals surface area (Å²) in [6.07, 6.45) is 1.44. The van der Waals surface area contributed by atoms with Crippen molar-refractivity contribution in [1.29, 1.82) is 0 Å². The molecule has 2 aromatic rings. The molecule has 0 radical (unpaired) electrons. The number of carbonyl (C=O) groups excluding carboxylic acids is 1. The SMILES string of the molecule is CCc1ccc(C2Cc3ccc(C)c(F)c3OC2=O)cc1. The van der Waals surface area contributed by atoms with Crippen molar-refractivity contribution in [3.63, 3.8) is 0 Å². The number of hydrogen-bond acceptors (Lipinski definition) is 2. The van der Waals surface area contributed by atoms with E-state index in [1.165, 1.54) is 5.56 Å². The van der Waals surface area contributed by atoms with Gasteiger partial charge < -0.3 is 4.74 Å². The van der Waals surface area contributed by atoms with E-state index in [0.717, 1.165) is 17.5 Å². The van der Waals surface area contributed by atoms with Crippen molar-refractivity contribution in [2.75, 3.05) is 0 Å². The summed E-state index contributed by atoms with van der Waals surface area (Å²) >= 11 is 0. The lowest BCUT2D eigenvalue weighted by molar-refractivity contribution is -0.137. The number of hydrogen-bond donors (Lipinski definition) is 0. The Kier molecular flexibility index (Phi) is 3.50. The molecule has 3 heteroatoms. The van der Waals surface area contributed by atoms with Gasteiger partial charge >= 0.3 is 5.97 Å². The van der Waals surface area contributed by atoms with Gasteiger partial charge in [-0.3, -0.25) is 4.79 Å². The van der Waals surface area contributed by atoms with Crippen LogP contribution in [-0.2, 0) is 17.6 Å². The van der Waals surface area contributed by atoms with Crippen LogP contribution in [0.1, 0.15) is 35.1 Å². The fourth-order valence-corrected chi connectivity index (χ4v) is 2.68. The van der Waals surface area contributed by atoms with Crippen LogP contribution in [0.4, 0.5) is 4.39 Å². The van der Waals surface area contributed by atoms with Crippen molar-refractivity contribution in [2.45, 2.75) is 32.6 Å². The molecule has 0 bridgehead atoms. The molecule has 0 N–H and O–H groups in total. The molecule has 0 spiro atoms. The van der Waals surface area contributed by atoms with Crippen LogP contribution < -0.4 is 4.74 Å². The number of benzene rings is 2. The number of halogens is 1. The average molecular weight is 284 g/mol. The third-order valence-corrected chi connectivity index (χ3v) is 4.07. The summed E-state index contributed by atoms with van der Waals surface area (Å²) in [4.78, 5) is 12.2. The van der Waals surface area contributed by atoms with Crippen LogP contribution in [0.15, 0.2) is 36.4 Å². The van der Waals surface area contributed by atoms with Crippen LogP contribution in [0, 0.1) is 12.7 Å². The lowest BCUT2D eigenvalue weighted by Gasteiger charge is -2.24. The summed E-state index contributed by atoms with van der Waals surface area (Å²) in [6.45, 7) is 3.75. The van der Waals surface area contributed by atoms with Gasteiger partial charge in [-0.25, -0.2) is 4.39 Å². The first-order valence-electron chi connectivity index (χ1n) is 7.18. The highest BCUT2D eigenvalue weighted by atomic mass is 19.1. The molecular weight excluding hydrogens is 267 g/mol. The standard InChI is InChI=1S/C18H17FO2/c1-3-12-5-8-13(9-6-12)15-10-14-7-4-11(2)16(19)17(14)21-18(15)20/h4-9,15H,3,10H2,1-2H3. The number of ether oxygens (including phenoxy) is 1. The predicted octanol–water partition coefficient (Wildman–Crippen LogP) is 3.94. The molecule has 2 aromatic carbocycles. The van der Waals surface area contributed by atoms with E-state index in [-0.39, 0.29) is 17.6 Å². The molecule has 0 aliphatic carbocycles. The summed E-state index contributed by atoms with van der Waals surface area (Å²) < 4.78 is 19.3. The Morgan fingerprint density at radius 3 is 2.57 bits per heavy atom. The molecule has 1 aliphatic rings. The highest BCUT2D eigenvalue weighted by Gasteiger charge is 2.31. The fraction of sp³-hybridized carbons (Fsp3) is 0.278. The average Bonchev–Trinajstić information content (AvgIpc) is 2.51. The topological polar surface area (TPSA) is 26.3 Å². The molecule has 0 fully saturated rings. The first-order chi connectivity index (χ1) is 10.1. The van der Waals surface area contributed by atoms with E-state index in [1.807, 2.05) is 30.3 Å². The number of aryl methyl sites for hydroxylation is 2. The minimum Gasteiger partial charge on any atom is -0.423 e. The van der Waals surface area contributed by atoms with E-state index in [9.17, 15) is 9.18 Å². The third-order valence-electron chi connectivity index (χ3n) is 4.07. The number of rotatable bonds is 2. The van der Waals surface area contributed by atoms with E-state index < -0.39 is 5.82 Å². The Labute approximate surface area is 123 Å². The first kappa shape index (κ1) is 13.8. The van der Waals surface area contributed by atoms with Crippen molar-refractivity contribution in [1.82, 2.24) is 0 Å². The van der Waals surface area contributed by atoms with Gasteiger partial charge in [0.25, 0.3) is 0 Å². The lowest BCUT2D eigenvalue weighted by atomic mass is 9.88. The predicted molar refractivity (Wildman–Crippen MR) is 79.0 cm³/mol. The van der Waals surface area contributed by atoms with Crippen molar-refractivity contribution in [2.24, 2.45) is 0 Å². The molecular formula is C18H17FO2. The monoisotopic (exact) mass is 284 g/mol. The number of carbonyl (C=O) groups is 1. The minimum absolute atomic E-state index is 0.0985. The van der Waals surface area contributed by atoms with E-state index in [1.54, 1.807) is 13.0 Å². The second-order valence-electron chi connectivity index (χ2n) is 5.46. The molecule has 0 saturated heterocycles. The van der Waals surface area contributed by atoms with Crippen LogP contribution >= 0.6 is 0 Å². The Hall–Kier alpha value is -2.16. The molecule has 1 aliphatic heterocycles. The van der Waals surface area contributed by atoms with Gasteiger partial charge in [-0.05, 0) is 42.0 Å². The molecule has 0 amide bonds. The van der Waals surface area contributed by atoms with Crippen molar-refractivity contribution in [3.05, 3.63) is 64.5 Å². The minimum atomic E-state index is -0.430. The molecule has 1 heterocycles. The van der Waals surface area contributed by atoms with Crippen molar-refractivity contribution in [3.8, 4) is 5.75 Å². The maximum Gasteiger partial charge on any atom is 0.319 e. The first-order valence-corrected chi connectivity index (χ1v) is 7.18. The normalized spacial score (nSPS) is 17.3. The van der Waals surface area contributed by atoms with Gasteiger partial charge in [-0.15, -0.1) is 0 Å². The van der Waals surface area contributed by atoms with Crippen molar-refractivity contribution >= 4 is 5.97 Å². The molecule has 1 unspecified atom stereocenters. The zero-order chi connectivity index (χ0) is 15.0. The molecule has 0 aromatic heterocycles. The number of esters is 1. The van der Waals surface area contributed by atoms with Gasteiger partial charge in [-0.2, -0.15) is 0 Å². The summed E-state index contributed by atoms with van der Waals surface area (Å²) in [6, 6.07) is 11.5. The van der Waals surface area contributed by atoms with Gasteiger partial charge in [0, 0.05) is 0 Å². The van der Waals surface area contributed by atoms with Crippen LogP contribution in [0.5, 0.6) is 5.75 Å². The lowest BCUT2D eigenvalue weighted by Crippen LogP contribution is -2.26. The maximum absolute atomic E-state index is 14.0. The van der Waals surface area contributed by atoms with Gasteiger partial charge in [0.05, 0.1) is 5.92 Å². The molecule has 108 valence electrons. The Bertz CT molecular complexity index is 689. The van der Waals surface area contributed by atoms with Gasteiger partial charge in [0.2, 0.25) is 0 Å². The molecule has 21 heavy (non-hydrogen) atoms. The van der Waals surface area contributed by atoms with E-state index >= 15 is 0 Å². The van der Waals surface area contributed by atoms with Crippen molar-refractivity contribution < 1.29 is 13.9 Å². The molecule has 1 atom stereocenters. The van der Waals surface area contributed by atoms with E-state index in [4.69, 9.17) is 4.74 Å². The van der Waals surface area contributed by atoms with Crippen LogP contribution in [-0.4, -0.2) is 5.97 Å². The molecule has 3 rings (SSSR count). The second kappa shape index (κ2) is 5.32. The molecule has 0 saturated carbocycles. The Balaban J connectivity index is 1.95. The highest BCUT2D eigenvalue weighted by Crippen LogP contribution is 2.36. The Morgan fingerprint density at radius 2 is 1.90 bits per heavy atom. The maximum atomic E-state index is 14.0. The fourth-order valence-electron chi connectivity index (χ4n) is 2.68. The summed E-state index contributed by atoms with van der Waals surface area (Å²) in [7, 11) is 0. The van der Waals surface area contributed by atoms with Gasteiger partial charge in [-0.1, -0.05) is 43.3 Å². The largest absolute Gasteiger partial charge is 0.423 e. The van der Waals surface area contributed by atoms with Gasteiger partial charge in [0.1, 0.15) is 0 Å². The zero-order valence-corrected chi connectivity index (χ0v) is 12.2. The molecule has 2 nitrogen and oxygen atoms in total. The highest BCUT2D eigenvalue weighted by molar-refractivity contribution is 5.83. The van der Waals surface area contributed by atoms with Crippen LogP contribution in [0.3, 0.4) is 0 Å².